The van der Waals surface area contributed by atoms with E-state index in [1.807, 2.05) is 18.2 Å². The lowest BCUT2D eigenvalue weighted by molar-refractivity contribution is -0.152. The zero-order valence-corrected chi connectivity index (χ0v) is 11.9. The van der Waals surface area contributed by atoms with Gasteiger partial charge in [-0.1, -0.05) is 18.2 Å². The van der Waals surface area contributed by atoms with E-state index in [0.717, 1.165) is 5.56 Å². The molecule has 5 heteroatoms. The maximum Gasteiger partial charge on any atom is 0.329 e. The number of esters is 1. The number of methoxy groups -OCH3 is 1. The second-order valence-electron chi connectivity index (χ2n) is 4.79. The Hall–Kier alpha value is -2.43. The highest BCUT2D eigenvalue weighted by Gasteiger charge is 2.37. The van der Waals surface area contributed by atoms with E-state index in [1.54, 1.807) is 13.2 Å². The SMILES string of the molecule is COc1ccccc1CCC(=O)C1C(=O)C=C(C)OC1=O. The van der Waals surface area contributed by atoms with Crippen LogP contribution in [0.25, 0.3) is 0 Å². The van der Waals surface area contributed by atoms with Crippen molar-refractivity contribution in [3.05, 3.63) is 41.7 Å². The van der Waals surface area contributed by atoms with Crippen molar-refractivity contribution in [3.63, 3.8) is 0 Å². The summed E-state index contributed by atoms with van der Waals surface area (Å²) in [5, 5.41) is 0. The minimum absolute atomic E-state index is 0.0821. The number of aryl methyl sites for hydroxylation is 1. The molecule has 0 saturated heterocycles. The molecule has 1 heterocycles. The van der Waals surface area contributed by atoms with Gasteiger partial charge in [0.05, 0.1) is 7.11 Å². The van der Waals surface area contributed by atoms with E-state index >= 15 is 0 Å². The Morgan fingerprint density at radius 1 is 1.29 bits per heavy atom. The molecule has 0 aromatic heterocycles. The highest BCUT2D eigenvalue weighted by atomic mass is 16.5. The van der Waals surface area contributed by atoms with Crippen LogP contribution in [0.5, 0.6) is 5.75 Å². The molecule has 1 unspecified atom stereocenters. The Bertz CT molecular complexity index is 615. The third-order valence-electron chi connectivity index (χ3n) is 3.28. The van der Waals surface area contributed by atoms with Crippen molar-refractivity contribution in [3.8, 4) is 5.75 Å². The van der Waals surface area contributed by atoms with Crippen LogP contribution in [0.2, 0.25) is 0 Å². The molecule has 0 aliphatic carbocycles. The highest BCUT2D eigenvalue weighted by Crippen LogP contribution is 2.21. The third-order valence-corrected chi connectivity index (χ3v) is 3.28. The van der Waals surface area contributed by atoms with Crippen molar-refractivity contribution < 1.29 is 23.9 Å². The fraction of sp³-hybridized carbons (Fsp3) is 0.312. The lowest BCUT2D eigenvalue weighted by Gasteiger charge is -2.17. The van der Waals surface area contributed by atoms with Gasteiger partial charge in [-0.15, -0.1) is 0 Å². The van der Waals surface area contributed by atoms with Gasteiger partial charge < -0.3 is 9.47 Å². The average molecular weight is 288 g/mol. The number of allylic oxidation sites excluding steroid dienone is 2. The Labute approximate surface area is 122 Å². The molecule has 5 nitrogen and oxygen atoms in total. The number of benzene rings is 1. The van der Waals surface area contributed by atoms with E-state index < -0.39 is 23.5 Å². The zero-order chi connectivity index (χ0) is 15.4. The number of cyclic esters (lactones) is 1. The summed E-state index contributed by atoms with van der Waals surface area (Å²) in [6, 6.07) is 7.32. The second-order valence-corrected chi connectivity index (χ2v) is 4.79. The van der Waals surface area contributed by atoms with Crippen molar-refractivity contribution >= 4 is 17.5 Å². The average Bonchev–Trinajstić information content (AvgIpc) is 2.44. The summed E-state index contributed by atoms with van der Waals surface area (Å²) >= 11 is 0. The van der Waals surface area contributed by atoms with Gasteiger partial charge >= 0.3 is 5.97 Å². The van der Waals surface area contributed by atoms with Gasteiger partial charge in [-0.3, -0.25) is 14.4 Å². The number of carbonyl (C=O) groups excluding carboxylic acids is 3. The van der Waals surface area contributed by atoms with Crippen LogP contribution >= 0.6 is 0 Å². The van der Waals surface area contributed by atoms with E-state index in [0.29, 0.717) is 12.2 Å². The molecule has 0 saturated carbocycles. The monoisotopic (exact) mass is 288 g/mol. The predicted octanol–water partition coefficient (Wildman–Crippen LogP) is 1.84. The molecule has 110 valence electrons. The molecule has 0 spiro atoms. The van der Waals surface area contributed by atoms with Gasteiger partial charge in [-0.2, -0.15) is 0 Å². The number of ether oxygens (including phenoxy) is 2. The maximum atomic E-state index is 12.1. The summed E-state index contributed by atoms with van der Waals surface area (Å²) < 4.78 is 10.0. The number of ketones is 2. The number of rotatable bonds is 5. The van der Waals surface area contributed by atoms with Crippen molar-refractivity contribution in [2.45, 2.75) is 19.8 Å². The van der Waals surface area contributed by atoms with Gasteiger partial charge in [0.1, 0.15) is 11.5 Å². The molecule has 21 heavy (non-hydrogen) atoms. The lowest BCUT2D eigenvalue weighted by Crippen LogP contribution is -2.35. The molecule has 1 aromatic rings. The summed E-state index contributed by atoms with van der Waals surface area (Å²) in [6.07, 6.45) is 1.68. The van der Waals surface area contributed by atoms with E-state index in [1.165, 1.54) is 13.0 Å². The predicted molar refractivity (Wildman–Crippen MR) is 74.7 cm³/mol. The van der Waals surface area contributed by atoms with Crippen LogP contribution in [0.4, 0.5) is 0 Å². The van der Waals surface area contributed by atoms with Crippen molar-refractivity contribution in [2.24, 2.45) is 5.92 Å². The normalized spacial score (nSPS) is 18.0. The van der Waals surface area contributed by atoms with E-state index in [2.05, 4.69) is 0 Å². The minimum atomic E-state index is -1.33. The van der Waals surface area contributed by atoms with Crippen molar-refractivity contribution in [1.82, 2.24) is 0 Å². The van der Waals surface area contributed by atoms with Gasteiger partial charge in [-0.25, -0.2) is 0 Å². The maximum absolute atomic E-state index is 12.1. The van der Waals surface area contributed by atoms with Crippen LogP contribution in [-0.2, 0) is 25.5 Å². The molecular weight excluding hydrogens is 272 g/mol. The number of Topliss-reactive ketones (excluding diaryl/α,β-unsaturated/α-hetero) is 1. The first-order valence-electron chi connectivity index (χ1n) is 6.61. The first-order chi connectivity index (χ1) is 10.0. The molecule has 0 bridgehead atoms. The van der Waals surface area contributed by atoms with Gasteiger partial charge in [-0.05, 0) is 25.0 Å². The summed E-state index contributed by atoms with van der Waals surface area (Å²) in [7, 11) is 1.55. The Morgan fingerprint density at radius 3 is 2.67 bits per heavy atom. The number of carbonyl (C=O) groups is 3. The number of para-hydroxylation sites is 1. The van der Waals surface area contributed by atoms with E-state index in [4.69, 9.17) is 9.47 Å². The van der Waals surface area contributed by atoms with Gasteiger partial charge in [0.2, 0.25) is 0 Å². The van der Waals surface area contributed by atoms with Crippen molar-refractivity contribution in [2.75, 3.05) is 7.11 Å². The molecule has 0 fully saturated rings. The summed E-state index contributed by atoms with van der Waals surface area (Å²) in [5.74, 6) is -2.15. The van der Waals surface area contributed by atoms with Crippen LogP contribution in [0.3, 0.4) is 0 Å². The molecule has 2 rings (SSSR count). The molecule has 1 aromatic carbocycles. The molecule has 1 atom stereocenters. The highest BCUT2D eigenvalue weighted by molar-refractivity contribution is 6.22. The summed E-state index contributed by atoms with van der Waals surface area (Å²) in [6.45, 7) is 1.51. The smallest absolute Gasteiger partial charge is 0.329 e. The first kappa shape index (κ1) is 15.0. The van der Waals surface area contributed by atoms with Crippen LogP contribution in [0, 0.1) is 5.92 Å². The second kappa shape index (κ2) is 6.35. The fourth-order valence-corrected chi connectivity index (χ4v) is 2.25. The molecule has 0 N–H and O–H groups in total. The van der Waals surface area contributed by atoms with E-state index in [9.17, 15) is 14.4 Å². The fourth-order valence-electron chi connectivity index (χ4n) is 2.25. The van der Waals surface area contributed by atoms with Crippen LogP contribution in [-0.4, -0.2) is 24.6 Å². The van der Waals surface area contributed by atoms with Crippen LogP contribution < -0.4 is 4.74 Å². The van der Waals surface area contributed by atoms with Gasteiger partial charge in [0.25, 0.3) is 0 Å². The van der Waals surface area contributed by atoms with E-state index in [-0.39, 0.29) is 12.2 Å². The number of hydrogen-bond donors (Lipinski definition) is 0. The quantitative estimate of drug-likeness (QED) is 0.611. The van der Waals surface area contributed by atoms with Gasteiger partial charge in [0.15, 0.2) is 17.5 Å². The largest absolute Gasteiger partial charge is 0.496 e. The van der Waals surface area contributed by atoms with Crippen LogP contribution in [0.15, 0.2) is 36.1 Å². The zero-order valence-electron chi connectivity index (χ0n) is 11.9. The Balaban J connectivity index is 2.05. The Morgan fingerprint density at radius 2 is 2.00 bits per heavy atom. The van der Waals surface area contributed by atoms with Crippen LogP contribution in [0.1, 0.15) is 18.9 Å². The Kier molecular flexibility index (Phi) is 4.52. The molecule has 0 amide bonds. The standard InChI is InChI=1S/C16H16O5/c1-10-9-13(18)15(16(19)21-10)12(17)8-7-11-5-3-4-6-14(11)20-2/h3-6,9,15H,7-8H2,1-2H3. The minimum Gasteiger partial charge on any atom is -0.496 e. The topological polar surface area (TPSA) is 69.7 Å². The number of hydrogen-bond acceptors (Lipinski definition) is 5. The summed E-state index contributed by atoms with van der Waals surface area (Å²) in [5.41, 5.74) is 0.858. The van der Waals surface area contributed by atoms with Crippen molar-refractivity contribution in [1.29, 1.82) is 0 Å². The third kappa shape index (κ3) is 3.37. The molecule has 0 radical (unpaired) electrons. The lowest BCUT2D eigenvalue weighted by atomic mass is 9.92. The molecular formula is C16H16O5. The van der Waals surface area contributed by atoms with Gasteiger partial charge in [0, 0.05) is 12.5 Å². The first-order valence-corrected chi connectivity index (χ1v) is 6.61. The molecule has 1 aliphatic heterocycles. The summed E-state index contributed by atoms with van der Waals surface area (Å²) in [4.78, 5) is 35.5. The molecule has 1 aliphatic rings.